The number of amides is 1. The summed E-state index contributed by atoms with van der Waals surface area (Å²) in [6.45, 7) is 0.616. The minimum Gasteiger partial charge on any atom is -0.452 e. The summed E-state index contributed by atoms with van der Waals surface area (Å²) in [6.07, 6.45) is 1.89. The number of ether oxygens (including phenoxy) is 2. The van der Waals surface area contributed by atoms with E-state index in [0.29, 0.717) is 13.2 Å². The van der Waals surface area contributed by atoms with E-state index < -0.39 is 24.3 Å². The van der Waals surface area contributed by atoms with E-state index in [9.17, 15) is 14.0 Å². The molecule has 1 atom stereocenters. The summed E-state index contributed by atoms with van der Waals surface area (Å²) in [7, 11) is 0. The quantitative estimate of drug-likeness (QED) is 0.843. The Morgan fingerprint density at radius 1 is 1.48 bits per heavy atom. The molecule has 1 aliphatic rings. The third-order valence-electron chi connectivity index (χ3n) is 3.04. The molecule has 0 radical (unpaired) electrons. The van der Waals surface area contributed by atoms with Crippen molar-refractivity contribution in [3.63, 3.8) is 0 Å². The van der Waals surface area contributed by atoms with E-state index >= 15 is 0 Å². The molecule has 1 aromatic rings. The van der Waals surface area contributed by atoms with Crippen molar-refractivity contribution in [3.8, 4) is 0 Å². The largest absolute Gasteiger partial charge is 0.452 e. The Labute approximate surface area is 126 Å². The Balaban J connectivity index is 1.76. The van der Waals surface area contributed by atoms with Crippen LogP contribution in [0.1, 0.15) is 23.2 Å². The first-order valence-electron chi connectivity index (χ1n) is 6.57. The molecule has 0 saturated carbocycles. The lowest BCUT2D eigenvalue weighted by Gasteiger charge is -2.11. The third-order valence-corrected chi connectivity index (χ3v) is 3.27. The molecule has 1 aromatic carbocycles. The SMILES string of the molecule is O=C(COC(=O)c1ccc(Cl)cc1F)NC[C@@H]1CCCO1. The van der Waals surface area contributed by atoms with E-state index in [1.165, 1.54) is 12.1 Å². The van der Waals surface area contributed by atoms with Gasteiger partial charge in [-0.3, -0.25) is 4.79 Å². The van der Waals surface area contributed by atoms with E-state index in [1.54, 1.807) is 0 Å². The highest BCUT2D eigenvalue weighted by molar-refractivity contribution is 6.30. The Kier molecular flexibility index (Phi) is 5.52. The van der Waals surface area contributed by atoms with Crippen LogP contribution in [0.5, 0.6) is 0 Å². The first kappa shape index (κ1) is 15.7. The molecule has 114 valence electrons. The minimum absolute atomic E-state index is 0.0124. The Bertz CT molecular complexity index is 532. The van der Waals surface area contributed by atoms with Gasteiger partial charge in [0.1, 0.15) is 5.82 Å². The standard InChI is InChI=1S/C14H15ClFNO4/c15-9-3-4-11(12(16)6-9)14(19)21-8-13(18)17-7-10-2-1-5-20-10/h3-4,6,10H,1-2,5,7-8H2,(H,17,18)/t10-/m0/s1. The van der Waals surface area contributed by atoms with E-state index in [2.05, 4.69) is 5.32 Å². The highest BCUT2D eigenvalue weighted by atomic mass is 35.5. The van der Waals surface area contributed by atoms with Gasteiger partial charge in [0.15, 0.2) is 6.61 Å². The van der Waals surface area contributed by atoms with Gasteiger partial charge in [-0.25, -0.2) is 9.18 Å². The summed E-state index contributed by atoms with van der Waals surface area (Å²) in [6, 6.07) is 3.60. The van der Waals surface area contributed by atoms with Crippen molar-refractivity contribution in [1.29, 1.82) is 0 Å². The average Bonchev–Trinajstić information content (AvgIpc) is 2.95. The van der Waals surface area contributed by atoms with E-state index in [4.69, 9.17) is 21.1 Å². The van der Waals surface area contributed by atoms with Crippen LogP contribution in [0, 0.1) is 5.82 Å². The second-order valence-corrected chi connectivity index (χ2v) is 5.08. The normalized spacial score (nSPS) is 17.5. The molecule has 1 heterocycles. The van der Waals surface area contributed by atoms with Gasteiger partial charge >= 0.3 is 5.97 Å². The molecule has 1 fully saturated rings. The summed E-state index contributed by atoms with van der Waals surface area (Å²) in [5.74, 6) is -2.14. The molecule has 0 spiro atoms. The smallest absolute Gasteiger partial charge is 0.341 e. The summed E-state index contributed by atoms with van der Waals surface area (Å²) >= 11 is 5.58. The van der Waals surface area contributed by atoms with Gasteiger partial charge in [-0.1, -0.05) is 11.6 Å². The second kappa shape index (κ2) is 7.38. The fourth-order valence-electron chi connectivity index (χ4n) is 1.95. The number of carbonyl (C=O) groups is 2. The fraction of sp³-hybridized carbons (Fsp3) is 0.429. The molecule has 0 aliphatic carbocycles. The minimum atomic E-state index is -0.906. The summed E-state index contributed by atoms with van der Waals surface area (Å²) in [4.78, 5) is 23.1. The maximum atomic E-state index is 13.5. The zero-order valence-corrected chi connectivity index (χ0v) is 12.0. The van der Waals surface area contributed by atoms with Crippen LogP contribution < -0.4 is 5.32 Å². The molecule has 1 amide bonds. The zero-order chi connectivity index (χ0) is 15.2. The molecule has 21 heavy (non-hydrogen) atoms. The molecular weight excluding hydrogens is 301 g/mol. The van der Waals surface area contributed by atoms with E-state index in [0.717, 1.165) is 18.9 Å². The van der Waals surface area contributed by atoms with Gasteiger partial charge in [0, 0.05) is 18.2 Å². The third kappa shape index (κ3) is 4.68. The van der Waals surface area contributed by atoms with Crippen molar-refractivity contribution in [2.24, 2.45) is 0 Å². The predicted molar refractivity (Wildman–Crippen MR) is 73.7 cm³/mol. The molecular formula is C14H15ClFNO4. The van der Waals surface area contributed by atoms with Crippen molar-refractivity contribution in [1.82, 2.24) is 5.32 Å². The van der Waals surface area contributed by atoms with Crippen molar-refractivity contribution in [2.75, 3.05) is 19.8 Å². The van der Waals surface area contributed by atoms with Crippen molar-refractivity contribution < 1.29 is 23.5 Å². The van der Waals surface area contributed by atoms with Gasteiger partial charge in [-0.2, -0.15) is 0 Å². The van der Waals surface area contributed by atoms with Crippen LogP contribution in [0.25, 0.3) is 0 Å². The van der Waals surface area contributed by atoms with Gasteiger partial charge in [-0.15, -0.1) is 0 Å². The molecule has 5 nitrogen and oxygen atoms in total. The van der Waals surface area contributed by atoms with Crippen LogP contribution in [-0.4, -0.2) is 37.7 Å². The number of esters is 1. The van der Waals surface area contributed by atoms with Crippen LogP contribution in [0.4, 0.5) is 4.39 Å². The number of benzene rings is 1. The zero-order valence-electron chi connectivity index (χ0n) is 11.2. The van der Waals surface area contributed by atoms with Crippen molar-refractivity contribution in [3.05, 3.63) is 34.6 Å². The van der Waals surface area contributed by atoms with Crippen LogP contribution in [0.15, 0.2) is 18.2 Å². The number of hydrogen-bond acceptors (Lipinski definition) is 4. The lowest BCUT2D eigenvalue weighted by atomic mass is 10.2. The monoisotopic (exact) mass is 315 g/mol. The summed E-state index contributed by atoms with van der Waals surface area (Å²) in [5.41, 5.74) is -0.258. The highest BCUT2D eigenvalue weighted by Gasteiger charge is 2.18. The molecule has 0 unspecified atom stereocenters. The van der Waals surface area contributed by atoms with Gasteiger partial charge < -0.3 is 14.8 Å². The number of hydrogen-bond donors (Lipinski definition) is 1. The van der Waals surface area contributed by atoms with Crippen LogP contribution >= 0.6 is 11.6 Å². The fourth-order valence-corrected chi connectivity index (χ4v) is 2.11. The number of rotatable bonds is 5. The van der Waals surface area contributed by atoms with Gasteiger partial charge in [0.25, 0.3) is 5.91 Å². The molecule has 1 aliphatic heterocycles. The van der Waals surface area contributed by atoms with Gasteiger partial charge in [0.05, 0.1) is 11.7 Å². The molecule has 7 heteroatoms. The molecule has 2 rings (SSSR count). The number of halogens is 2. The van der Waals surface area contributed by atoms with E-state index in [1.807, 2.05) is 0 Å². The van der Waals surface area contributed by atoms with E-state index in [-0.39, 0.29) is 16.7 Å². The van der Waals surface area contributed by atoms with Gasteiger partial charge in [0.2, 0.25) is 0 Å². The molecule has 0 aromatic heterocycles. The predicted octanol–water partition coefficient (Wildman–Crippen LogP) is 1.93. The average molecular weight is 316 g/mol. The highest BCUT2D eigenvalue weighted by Crippen LogP contribution is 2.15. The Morgan fingerprint density at radius 2 is 2.29 bits per heavy atom. The topological polar surface area (TPSA) is 64.6 Å². The first-order chi connectivity index (χ1) is 10.1. The lowest BCUT2D eigenvalue weighted by molar-refractivity contribution is -0.124. The lowest BCUT2D eigenvalue weighted by Crippen LogP contribution is -2.34. The maximum Gasteiger partial charge on any atom is 0.341 e. The molecule has 1 saturated heterocycles. The second-order valence-electron chi connectivity index (χ2n) is 4.64. The maximum absolute atomic E-state index is 13.5. The molecule has 0 bridgehead atoms. The Hall–Kier alpha value is -1.66. The number of carbonyl (C=O) groups excluding carboxylic acids is 2. The van der Waals surface area contributed by atoms with Crippen molar-refractivity contribution >= 4 is 23.5 Å². The first-order valence-corrected chi connectivity index (χ1v) is 6.94. The van der Waals surface area contributed by atoms with Crippen LogP contribution in [0.2, 0.25) is 5.02 Å². The van der Waals surface area contributed by atoms with Crippen LogP contribution in [0.3, 0.4) is 0 Å². The van der Waals surface area contributed by atoms with Crippen molar-refractivity contribution in [2.45, 2.75) is 18.9 Å². The van der Waals surface area contributed by atoms with Gasteiger partial charge in [-0.05, 0) is 31.0 Å². The summed E-state index contributed by atoms with van der Waals surface area (Å²) in [5, 5.41) is 2.78. The number of nitrogens with one attached hydrogen (secondary N) is 1. The van der Waals surface area contributed by atoms with Crippen LogP contribution in [-0.2, 0) is 14.3 Å². The summed E-state index contributed by atoms with van der Waals surface area (Å²) < 4.78 is 23.6. The molecule has 1 N–H and O–H groups in total. The Morgan fingerprint density at radius 3 is 2.95 bits per heavy atom.